The summed E-state index contributed by atoms with van der Waals surface area (Å²) >= 11 is 0. The lowest BCUT2D eigenvalue weighted by Gasteiger charge is -2.42. The third-order valence-corrected chi connectivity index (χ3v) is 8.13. The Morgan fingerprint density at radius 3 is 1.86 bits per heavy atom. The third kappa shape index (κ3) is 10.5. The predicted molar refractivity (Wildman–Crippen MR) is 176 cm³/mol. The van der Waals surface area contributed by atoms with E-state index < -0.39 is 4.92 Å². The lowest BCUT2D eigenvalue weighted by molar-refractivity contribution is -0.423. The number of carbonyl (C=O) groups excluding carboxylic acids is 2. The number of nitrogen functional groups attached to an aromatic ring is 1. The Morgan fingerprint density at radius 2 is 1.37 bits per heavy atom. The van der Waals surface area contributed by atoms with E-state index in [-0.39, 0.29) is 23.4 Å². The van der Waals surface area contributed by atoms with E-state index >= 15 is 0 Å². The van der Waals surface area contributed by atoms with Crippen molar-refractivity contribution in [2.75, 3.05) is 36.8 Å². The van der Waals surface area contributed by atoms with Crippen molar-refractivity contribution < 1.29 is 14.5 Å². The fourth-order valence-corrected chi connectivity index (χ4v) is 5.78. The van der Waals surface area contributed by atoms with Crippen molar-refractivity contribution in [1.82, 2.24) is 10.2 Å². The molecule has 1 atom stereocenters. The van der Waals surface area contributed by atoms with Gasteiger partial charge in [-0.05, 0) is 93.1 Å². The predicted octanol–water partition coefficient (Wildman–Crippen LogP) is 6.49. The zero-order valence-electron chi connectivity index (χ0n) is 26.7. The van der Waals surface area contributed by atoms with Gasteiger partial charge in [0.1, 0.15) is 0 Å². The van der Waals surface area contributed by atoms with E-state index in [9.17, 15) is 19.7 Å². The van der Waals surface area contributed by atoms with Crippen molar-refractivity contribution in [3.63, 3.8) is 0 Å². The van der Waals surface area contributed by atoms with Gasteiger partial charge in [0.15, 0.2) is 0 Å². The average Bonchev–Trinajstić information content (AvgIpc) is 3.04. The van der Waals surface area contributed by atoms with Crippen LogP contribution < -0.4 is 16.0 Å². The van der Waals surface area contributed by atoms with Gasteiger partial charge < -0.3 is 15.5 Å². The first-order valence-electron chi connectivity index (χ1n) is 15.8. The molecule has 0 spiro atoms. The minimum absolute atomic E-state index is 0.0185. The number of allylic oxidation sites excluding steroid dienone is 1. The molecule has 3 aliphatic heterocycles. The summed E-state index contributed by atoms with van der Waals surface area (Å²) < 4.78 is 0. The Kier molecular flexibility index (Phi) is 14.9. The number of hydrogen-bond donors (Lipinski definition) is 2. The molecule has 3 N–H and O–H groups in total. The number of nitro groups is 1. The van der Waals surface area contributed by atoms with Gasteiger partial charge in [-0.1, -0.05) is 52.0 Å². The number of nitrogens with zero attached hydrogens (tertiary/aromatic N) is 3. The quantitative estimate of drug-likeness (QED) is 0.176. The second kappa shape index (κ2) is 18.1. The van der Waals surface area contributed by atoms with E-state index in [2.05, 4.69) is 58.1 Å². The summed E-state index contributed by atoms with van der Waals surface area (Å²) in [5.41, 5.74) is 10.3. The highest BCUT2D eigenvalue weighted by Crippen LogP contribution is 2.33. The van der Waals surface area contributed by atoms with Crippen LogP contribution in [-0.2, 0) is 9.59 Å². The molecule has 9 heteroatoms. The van der Waals surface area contributed by atoms with Crippen LogP contribution in [-0.4, -0.2) is 53.9 Å². The first kappa shape index (κ1) is 35.5. The maximum atomic E-state index is 12.1. The number of piperidine rings is 3. The first-order chi connectivity index (χ1) is 20.7. The van der Waals surface area contributed by atoms with E-state index in [1.807, 2.05) is 39.8 Å². The lowest BCUT2D eigenvalue weighted by Crippen LogP contribution is -2.47. The summed E-state index contributed by atoms with van der Waals surface area (Å²) in [4.78, 5) is 37.6. The molecule has 2 aromatic carbocycles. The van der Waals surface area contributed by atoms with Crippen LogP contribution >= 0.6 is 0 Å². The van der Waals surface area contributed by atoms with Crippen LogP contribution in [0, 0.1) is 10.1 Å². The van der Waals surface area contributed by atoms with Crippen LogP contribution in [0.15, 0.2) is 60.8 Å². The summed E-state index contributed by atoms with van der Waals surface area (Å²) in [6.07, 6.45) is 5.85. The molecule has 0 saturated carbocycles. The number of anilines is 2. The van der Waals surface area contributed by atoms with Crippen LogP contribution in [0.1, 0.15) is 96.1 Å². The van der Waals surface area contributed by atoms with Gasteiger partial charge in [-0.25, -0.2) is 0 Å². The highest BCUT2D eigenvalue weighted by atomic mass is 16.6. The van der Waals surface area contributed by atoms with E-state index in [4.69, 9.17) is 5.73 Å². The number of amides is 2. The second-order valence-corrected chi connectivity index (χ2v) is 10.8. The molecule has 2 aromatic rings. The number of rotatable bonds is 5. The lowest BCUT2D eigenvalue weighted by atomic mass is 9.85. The monoisotopic (exact) mass is 593 g/mol. The SMILES string of the molecule is C=C(C)[N+](=O)[O-].CC.CC.Nc1ccc(N2CCC(N3CCC(c4ccc(C5CCC(=O)NC5=O)cc4)CC3)CC2)cc1. The van der Waals surface area contributed by atoms with Gasteiger partial charge in [0.25, 0.3) is 0 Å². The molecule has 1 unspecified atom stereocenters. The maximum absolute atomic E-state index is 12.1. The van der Waals surface area contributed by atoms with Gasteiger partial charge in [-0.3, -0.25) is 25.0 Å². The summed E-state index contributed by atoms with van der Waals surface area (Å²) in [5.74, 6) is 0.0786. The maximum Gasteiger partial charge on any atom is 0.236 e. The van der Waals surface area contributed by atoms with Gasteiger partial charge in [0.2, 0.25) is 17.5 Å². The molecule has 3 fully saturated rings. The van der Waals surface area contributed by atoms with Gasteiger partial charge in [-0.15, -0.1) is 0 Å². The number of hydrogen-bond acceptors (Lipinski definition) is 7. The van der Waals surface area contributed by atoms with E-state index in [0.717, 1.165) is 37.4 Å². The number of imide groups is 1. The van der Waals surface area contributed by atoms with Gasteiger partial charge in [0.05, 0.1) is 10.8 Å². The van der Waals surface area contributed by atoms with Crippen LogP contribution in [0.4, 0.5) is 11.4 Å². The Morgan fingerprint density at radius 1 is 0.860 bits per heavy atom. The second-order valence-electron chi connectivity index (χ2n) is 10.8. The number of nitrogens with two attached hydrogens (primary N) is 1. The summed E-state index contributed by atoms with van der Waals surface area (Å²) in [5, 5.41) is 11.9. The van der Waals surface area contributed by atoms with Gasteiger partial charge in [-0.2, -0.15) is 0 Å². The molecule has 3 saturated heterocycles. The van der Waals surface area contributed by atoms with Crippen molar-refractivity contribution in [1.29, 1.82) is 0 Å². The van der Waals surface area contributed by atoms with Crippen molar-refractivity contribution in [2.45, 2.75) is 91.0 Å². The molecule has 3 heterocycles. The number of nitrogens with one attached hydrogen (secondary N) is 1. The molecule has 5 rings (SSSR count). The van der Waals surface area contributed by atoms with Crippen molar-refractivity contribution in [3.05, 3.63) is 82.0 Å². The Labute approximate surface area is 257 Å². The molecule has 3 aliphatic rings. The molecule has 0 radical (unpaired) electrons. The fourth-order valence-electron chi connectivity index (χ4n) is 5.78. The Balaban J connectivity index is 0.000000570. The molecular formula is C34H51N5O4. The normalized spacial score (nSPS) is 19.4. The average molecular weight is 594 g/mol. The smallest absolute Gasteiger partial charge is 0.236 e. The van der Waals surface area contributed by atoms with Crippen molar-refractivity contribution in [2.24, 2.45) is 0 Å². The largest absolute Gasteiger partial charge is 0.399 e. The minimum Gasteiger partial charge on any atom is -0.399 e. The molecule has 9 nitrogen and oxygen atoms in total. The van der Waals surface area contributed by atoms with Crippen LogP contribution in [0.25, 0.3) is 0 Å². The summed E-state index contributed by atoms with van der Waals surface area (Å²) in [7, 11) is 0. The Bertz CT molecular complexity index is 1150. The van der Waals surface area contributed by atoms with Crippen molar-refractivity contribution in [3.8, 4) is 0 Å². The Hall–Kier alpha value is -3.72. The zero-order valence-corrected chi connectivity index (χ0v) is 26.7. The molecule has 2 amide bonds. The van der Waals surface area contributed by atoms with E-state index in [1.54, 1.807) is 0 Å². The molecule has 0 aromatic heterocycles. The number of likely N-dealkylation sites (tertiary alicyclic amines) is 1. The van der Waals surface area contributed by atoms with Crippen LogP contribution in [0.3, 0.4) is 0 Å². The summed E-state index contributed by atoms with van der Waals surface area (Å²) in [6.45, 7) is 16.9. The fraction of sp³-hybridized carbons (Fsp3) is 0.529. The summed E-state index contributed by atoms with van der Waals surface area (Å²) in [6, 6.07) is 17.5. The number of benzene rings is 2. The van der Waals surface area contributed by atoms with E-state index in [0.29, 0.717) is 24.8 Å². The van der Waals surface area contributed by atoms with Crippen LogP contribution in [0.5, 0.6) is 0 Å². The molecule has 0 aliphatic carbocycles. The molecule has 236 valence electrons. The van der Waals surface area contributed by atoms with E-state index in [1.165, 1.54) is 43.9 Å². The first-order valence-corrected chi connectivity index (χ1v) is 15.8. The van der Waals surface area contributed by atoms with Gasteiger partial charge >= 0.3 is 0 Å². The van der Waals surface area contributed by atoms with Crippen molar-refractivity contribution >= 4 is 23.2 Å². The molecular weight excluding hydrogens is 542 g/mol. The zero-order chi connectivity index (χ0) is 31.9. The minimum atomic E-state index is -0.528. The number of carbonyl (C=O) groups is 2. The molecule has 0 bridgehead atoms. The highest BCUT2D eigenvalue weighted by molar-refractivity contribution is 6.00. The third-order valence-electron chi connectivity index (χ3n) is 8.13. The topological polar surface area (TPSA) is 122 Å². The standard InChI is InChI=1S/C27H34N4O2.C3H5NO2.2C2H6/c28-22-5-7-23(8-6-22)31-17-13-24(14-18-31)30-15-11-20(12-16-30)19-1-3-21(4-2-19)25-9-10-26(32)29-27(25)33;1-3(2)4(5)6;2*1-2/h1-8,20,24-25H,9-18,28H2,(H,29,32,33);1H2,2H3;2*1-2H3. The molecule has 43 heavy (non-hydrogen) atoms. The highest BCUT2D eigenvalue weighted by Gasteiger charge is 2.30. The van der Waals surface area contributed by atoms with Gasteiger partial charge in [0, 0.05) is 43.9 Å². The van der Waals surface area contributed by atoms with Crippen LogP contribution in [0.2, 0.25) is 0 Å².